The van der Waals surface area contributed by atoms with E-state index in [1.54, 1.807) is 0 Å². The third-order valence-electron chi connectivity index (χ3n) is 3.45. The van der Waals surface area contributed by atoms with E-state index in [9.17, 15) is 4.39 Å². The lowest BCUT2D eigenvalue weighted by Gasteiger charge is -2.21. The van der Waals surface area contributed by atoms with Crippen LogP contribution in [0.15, 0.2) is 48.5 Å². The summed E-state index contributed by atoms with van der Waals surface area (Å²) < 4.78 is 12.9. The Morgan fingerprint density at radius 3 is 1.68 bits per heavy atom. The van der Waals surface area contributed by atoms with E-state index in [1.165, 1.54) is 23.3 Å². The van der Waals surface area contributed by atoms with E-state index in [2.05, 4.69) is 50.4 Å². The molecule has 0 fully saturated rings. The lowest BCUT2D eigenvalue weighted by atomic mass is 10.0. The number of benzene rings is 2. The van der Waals surface area contributed by atoms with E-state index in [0.29, 0.717) is 0 Å². The Balaban J connectivity index is 2.03. The van der Waals surface area contributed by atoms with Gasteiger partial charge in [-0.2, -0.15) is 0 Å². The molecular formula is C17H20FN. The van der Waals surface area contributed by atoms with E-state index < -0.39 is 0 Å². The molecule has 2 aromatic carbocycles. The Hall–Kier alpha value is -1.67. The van der Waals surface area contributed by atoms with Gasteiger partial charge in [0.2, 0.25) is 0 Å². The number of aryl methyl sites for hydroxylation is 1. The summed E-state index contributed by atoms with van der Waals surface area (Å²) in [5.74, 6) is -0.192. The van der Waals surface area contributed by atoms with E-state index >= 15 is 0 Å². The fraction of sp³-hybridized carbons (Fsp3) is 0.294. The summed E-state index contributed by atoms with van der Waals surface area (Å²) in [6.45, 7) is 6.33. The minimum absolute atomic E-state index is 0.192. The fourth-order valence-corrected chi connectivity index (χ4v) is 2.17. The maximum Gasteiger partial charge on any atom is 0.123 e. The summed E-state index contributed by atoms with van der Waals surface area (Å²) in [4.78, 5) is 0. The van der Waals surface area contributed by atoms with Gasteiger partial charge in [0.1, 0.15) is 5.82 Å². The van der Waals surface area contributed by atoms with Crippen molar-refractivity contribution < 1.29 is 4.39 Å². The molecule has 0 saturated carbocycles. The second-order valence-corrected chi connectivity index (χ2v) is 5.07. The van der Waals surface area contributed by atoms with Crippen molar-refractivity contribution in [1.29, 1.82) is 0 Å². The molecule has 0 aliphatic carbocycles. The first-order chi connectivity index (χ1) is 9.06. The molecular weight excluding hydrogens is 237 g/mol. The predicted octanol–water partition coefficient (Wildman–Crippen LogP) is 4.55. The molecule has 0 heterocycles. The second-order valence-electron chi connectivity index (χ2n) is 5.07. The van der Waals surface area contributed by atoms with Crippen LogP contribution < -0.4 is 5.32 Å². The fourth-order valence-electron chi connectivity index (χ4n) is 2.17. The zero-order valence-electron chi connectivity index (χ0n) is 11.7. The average molecular weight is 257 g/mol. The molecule has 0 aliphatic heterocycles. The van der Waals surface area contributed by atoms with Crippen molar-refractivity contribution in [3.63, 3.8) is 0 Å². The zero-order chi connectivity index (χ0) is 13.8. The zero-order valence-corrected chi connectivity index (χ0v) is 11.7. The normalized spacial score (nSPS) is 14.1. The molecule has 1 unspecified atom stereocenters. The number of nitrogens with one attached hydrogen (secondary N) is 1. The van der Waals surface area contributed by atoms with Crippen molar-refractivity contribution >= 4 is 0 Å². The molecule has 1 N–H and O–H groups in total. The van der Waals surface area contributed by atoms with Crippen LogP contribution in [0.3, 0.4) is 0 Å². The highest BCUT2D eigenvalue weighted by molar-refractivity contribution is 5.25. The quantitative estimate of drug-likeness (QED) is 0.847. The van der Waals surface area contributed by atoms with Gasteiger partial charge in [0.25, 0.3) is 0 Å². The van der Waals surface area contributed by atoms with Crippen molar-refractivity contribution in [2.45, 2.75) is 32.9 Å². The molecule has 2 atom stereocenters. The van der Waals surface area contributed by atoms with Crippen molar-refractivity contribution in [1.82, 2.24) is 5.32 Å². The van der Waals surface area contributed by atoms with Gasteiger partial charge in [0, 0.05) is 12.1 Å². The Morgan fingerprint density at radius 2 is 1.21 bits per heavy atom. The molecule has 2 rings (SSSR count). The van der Waals surface area contributed by atoms with Crippen LogP contribution in [-0.2, 0) is 0 Å². The summed E-state index contributed by atoms with van der Waals surface area (Å²) in [6, 6.07) is 15.6. The summed E-state index contributed by atoms with van der Waals surface area (Å²) in [5.41, 5.74) is 3.63. The van der Waals surface area contributed by atoms with Crippen LogP contribution in [0.25, 0.3) is 0 Å². The van der Waals surface area contributed by atoms with Crippen LogP contribution in [0.4, 0.5) is 4.39 Å². The summed E-state index contributed by atoms with van der Waals surface area (Å²) in [5, 5.41) is 3.53. The van der Waals surface area contributed by atoms with Gasteiger partial charge in [-0.15, -0.1) is 0 Å². The van der Waals surface area contributed by atoms with Crippen LogP contribution in [0.1, 0.15) is 42.6 Å². The van der Waals surface area contributed by atoms with Crippen molar-refractivity contribution in [2.75, 3.05) is 0 Å². The number of rotatable bonds is 4. The molecule has 0 radical (unpaired) electrons. The van der Waals surface area contributed by atoms with E-state index in [1.807, 2.05) is 12.1 Å². The van der Waals surface area contributed by atoms with Gasteiger partial charge in [-0.05, 0) is 44.0 Å². The highest BCUT2D eigenvalue weighted by Crippen LogP contribution is 2.19. The lowest BCUT2D eigenvalue weighted by molar-refractivity contribution is 0.494. The van der Waals surface area contributed by atoms with E-state index in [-0.39, 0.29) is 17.9 Å². The smallest absolute Gasteiger partial charge is 0.123 e. The lowest BCUT2D eigenvalue weighted by Crippen LogP contribution is -2.22. The number of hydrogen-bond acceptors (Lipinski definition) is 1. The second kappa shape index (κ2) is 5.98. The van der Waals surface area contributed by atoms with Gasteiger partial charge in [-0.25, -0.2) is 4.39 Å². The standard InChI is InChI=1S/C17H20FN/c1-12-4-6-15(7-5-12)13(2)19-14(3)16-8-10-17(18)11-9-16/h4-11,13-14,19H,1-3H3/t13?,14-/m0/s1. The van der Waals surface area contributed by atoms with E-state index in [4.69, 9.17) is 0 Å². The van der Waals surface area contributed by atoms with Crippen LogP contribution in [0, 0.1) is 12.7 Å². The van der Waals surface area contributed by atoms with Crippen LogP contribution in [0.2, 0.25) is 0 Å². The molecule has 0 bridgehead atoms. The summed E-state index contributed by atoms with van der Waals surface area (Å²) in [6.07, 6.45) is 0. The monoisotopic (exact) mass is 257 g/mol. The van der Waals surface area contributed by atoms with Crippen molar-refractivity contribution in [3.05, 3.63) is 71.0 Å². The minimum atomic E-state index is -0.192. The number of halogens is 1. The molecule has 100 valence electrons. The maximum absolute atomic E-state index is 12.9. The first kappa shape index (κ1) is 13.8. The Labute approximate surface area is 114 Å². The minimum Gasteiger partial charge on any atom is -0.304 e. The van der Waals surface area contributed by atoms with Gasteiger partial charge in [-0.3, -0.25) is 0 Å². The van der Waals surface area contributed by atoms with Gasteiger partial charge >= 0.3 is 0 Å². The first-order valence-electron chi connectivity index (χ1n) is 6.64. The van der Waals surface area contributed by atoms with Gasteiger partial charge in [0.05, 0.1) is 0 Å². The molecule has 2 aromatic rings. The average Bonchev–Trinajstić information content (AvgIpc) is 2.40. The molecule has 0 spiro atoms. The largest absolute Gasteiger partial charge is 0.304 e. The molecule has 19 heavy (non-hydrogen) atoms. The first-order valence-corrected chi connectivity index (χ1v) is 6.64. The van der Waals surface area contributed by atoms with Crippen molar-refractivity contribution in [2.24, 2.45) is 0 Å². The summed E-state index contributed by atoms with van der Waals surface area (Å²) in [7, 11) is 0. The van der Waals surface area contributed by atoms with Crippen LogP contribution in [0.5, 0.6) is 0 Å². The molecule has 2 heteroatoms. The molecule has 0 aromatic heterocycles. The Morgan fingerprint density at radius 1 is 0.789 bits per heavy atom. The maximum atomic E-state index is 12.9. The Bertz CT molecular complexity index is 466. The highest BCUT2D eigenvalue weighted by Gasteiger charge is 2.10. The SMILES string of the molecule is Cc1ccc(C(C)N[C@@H](C)c2ccc(F)cc2)cc1. The van der Waals surface area contributed by atoms with Gasteiger partial charge < -0.3 is 5.32 Å². The molecule has 1 nitrogen and oxygen atoms in total. The van der Waals surface area contributed by atoms with Gasteiger partial charge in [-0.1, -0.05) is 42.0 Å². The van der Waals surface area contributed by atoms with Gasteiger partial charge in [0.15, 0.2) is 0 Å². The summed E-state index contributed by atoms with van der Waals surface area (Å²) >= 11 is 0. The van der Waals surface area contributed by atoms with Crippen molar-refractivity contribution in [3.8, 4) is 0 Å². The highest BCUT2D eigenvalue weighted by atomic mass is 19.1. The topological polar surface area (TPSA) is 12.0 Å². The molecule has 0 aliphatic rings. The predicted molar refractivity (Wildman–Crippen MR) is 77.5 cm³/mol. The number of hydrogen-bond donors (Lipinski definition) is 1. The third-order valence-corrected chi connectivity index (χ3v) is 3.45. The Kier molecular flexibility index (Phi) is 4.33. The van der Waals surface area contributed by atoms with Crippen LogP contribution >= 0.6 is 0 Å². The molecule has 0 amide bonds. The van der Waals surface area contributed by atoms with E-state index in [0.717, 1.165) is 5.56 Å². The third kappa shape index (κ3) is 3.65. The molecule has 0 saturated heterocycles. The van der Waals surface area contributed by atoms with Crippen LogP contribution in [-0.4, -0.2) is 0 Å².